The predicted molar refractivity (Wildman–Crippen MR) is 135 cm³/mol. The minimum absolute atomic E-state index is 0.692. The van der Waals surface area contributed by atoms with Gasteiger partial charge in [0, 0.05) is 11.1 Å². The van der Waals surface area contributed by atoms with E-state index in [-0.39, 0.29) is 0 Å². The summed E-state index contributed by atoms with van der Waals surface area (Å²) in [4.78, 5) is 22.0. The fraction of sp³-hybridized carbons (Fsp3) is 0.0667. The number of rotatable bonds is 6. The van der Waals surface area contributed by atoms with E-state index in [0.717, 1.165) is 46.0 Å². The van der Waals surface area contributed by atoms with Crippen LogP contribution in [0.1, 0.15) is 54.1 Å². The lowest BCUT2D eigenvalue weighted by molar-refractivity contribution is 0.111. The average Bonchev–Trinajstić information content (AvgIpc) is 2.82. The lowest BCUT2D eigenvalue weighted by Crippen LogP contribution is -1.87. The van der Waals surface area contributed by atoms with Gasteiger partial charge in [0.25, 0.3) is 0 Å². The third-order valence-corrected chi connectivity index (χ3v) is 5.74. The molecule has 2 heteroatoms. The van der Waals surface area contributed by atoms with Crippen molar-refractivity contribution in [3.63, 3.8) is 0 Å². The average molecular weight is 417 g/mol. The van der Waals surface area contributed by atoms with Gasteiger partial charge in [-0.15, -0.1) is 0 Å². The van der Waals surface area contributed by atoms with Gasteiger partial charge in [-0.2, -0.15) is 0 Å². The molecule has 4 rings (SSSR count). The van der Waals surface area contributed by atoms with E-state index in [1.54, 1.807) is 0 Å². The van der Waals surface area contributed by atoms with Crippen LogP contribution >= 0.6 is 0 Å². The van der Waals surface area contributed by atoms with Crippen molar-refractivity contribution in [2.75, 3.05) is 0 Å². The molecule has 4 aromatic rings. The zero-order chi connectivity index (χ0) is 22.5. The van der Waals surface area contributed by atoms with Crippen LogP contribution in [0.5, 0.6) is 0 Å². The summed E-state index contributed by atoms with van der Waals surface area (Å²) in [7, 11) is 0. The van der Waals surface area contributed by atoms with E-state index in [2.05, 4.69) is 60.7 Å². The van der Waals surface area contributed by atoms with E-state index in [9.17, 15) is 9.59 Å². The van der Waals surface area contributed by atoms with E-state index in [0.29, 0.717) is 11.1 Å². The molecule has 0 heterocycles. The second kappa shape index (κ2) is 9.40. The molecule has 0 aliphatic rings. The SMILES string of the molecule is Cc1cc(C=O)ccc1/C=C/c1ccc(/C=C/c2ccc(C=O)cc2C)c2ccccc12. The molecular formula is C30H24O2. The van der Waals surface area contributed by atoms with Crippen LogP contribution in [0.15, 0.2) is 72.8 Å². The third kappa shape index (κ3) is 4.50. The maximum atomic E-state index is 11.0. The summed E-state index contributed by atoms with van der Waals surface area (Å²) >= 11 is 0. The molecule has 156 valence electrons. The lowest BCUT2D eigenvalue weighted by atomic mass is 9.97. The standard InChI is InChI=1S/C30H24O2/c1-21-17-23(19-31)7-9-25(21)11-13-27-15-16-28(30-6-4-3-5-29(27)30)14-12-26-10-8-24(20-32)18-22(26)2/h3-20H,1-2H3/b13-11+,14-12+. The Hall–Kier alpha value is -4.04. The minimum Gasteiger partial charge on any atom is -0.298 e. The first-order chi connectivity index (χ1) is 15.6. The molecule has 0 N–H and O–H groups in total. The first kappa shape index (κ1) is 21.2. The number of aldehydes is 2. The monoisotopic (exact) mass is 416 g/mol. The highest BCUT2D eigenvalue weighted by atomic mass is 16.1. The smallest absolute Gasteiger partial charge is 0.150 e. The number of fused-ring (bicyclic) bond motifs is 1. The molecule has 0 aliphatic carbocycles. The Morgan fingerprint density at radius 3 is 1.25 bits per heavy atom. The zero-order valence-corrected chi connectivity index (χ0v) is 18.2. The van der Waals surface area contributed by atoms with Gasteiger partial charge in [-0.1, -0.05) is 85.0 Å². The van der Waals surface area contributed by atoms with Crippen molar-refractivity contribution in [2.45, 2.75) is 13.8 Å². The molecule has 0 bridgehead atoms. The Morgan fingerprint density at radius 2 is 0.875 bits per heavy atom. The van der Waals surface area contributed by atoms with Gasteiger partial charge >= 0.3 is 0 Å². The van der Waals surface area contributed by atoms with Crippen LogP contribution in [-0.4, -0.2) is 12.6 Å². The maximum absolute atomic E-state index is 11.0. The molecule has 0 spiro atoms. The summed E-state index contributed by atoms with van der Waals surface area (Å²) in [6, 6.07) is 24.1. The summed E-state index contributed by atoms with van der Waals surface area (Å²) in [5, 5.41) is 2.36. The van der Waals surface area contributed by atoms with Crippen LogP contribution in [0.25, 0.3) is 35.1 Å². The van der Waals surface area contributed by atoms with Gasteiger partial charge in [0.15, 0.2) is 0 Å². The summed E-state index contributed by atoms with van der Waals surface area (Å²) in [6.45, 7) is 4.03. The lowest BCUT2D eigenvalue weighted by Gasteiger charge is -2.08. The van der Waals surface area contributed by atoms with E-state index in [4.69, 9.17) is 0 Å². The molecule has 0 radical (unpaired) electrons. The number of benzene rings is 4. The van der Waals surface area contributed by atoms with Gasteiger partial charge in [0.05, 0.1) is 0 Å². The number of carbonyl (C=O) groups excluding carboxylic acids is 2. The van der Waals surface area contributed by atoms with Crippen LogP contribution in [0.3, 0.4) is 0 Å². The summed E-state index contributed by atoms with van der Waals surface area (Å²) in [5.41, 5.74) is 8.01. The Bertz CT molecular complexity index is 1270. The molecule has 0 unspecified atom stereocenters. The number of carbonyl (C=O) groups is 2. The van der Waals surface area contributed by atoms with Crippen LogP contribution in [-0.2, 0) is 0 Å². The molecule has 0 saturated carbocycles. The van der Waals surface area contributed by atoms with Gasteiger partial charge in [0.2, 0.25) is 0 Å². The van der Waals surface area contributed by atoms with Crippen molar-refractivity contribution in [1.29, 1.82) is 0 Å². The molecule has 2 nitrogen and oxygen atoms in total. The van der Waals surface area contributed by atoms with Crippen molar-refractivity contribution >= 4 is 47.6 Å². The van der Waals surface area contributed by atoms with E-state index >= 15 is 0 Å². The molecule has 0 aliphatic heterocycles. The van der Waals surface area contributed by atoms with Crippen molar-refractivity contribution < 1.29 is 9.59 Å². The quantitative estimate of drug-likeness (QED) is 0.242. The molecule has 0 amide bonds. The van der Waals surface area contributed by atoms with E-state index in [1.807, 2.05) is 50.2 Å². The van der Waals surface area contributed by atoms with Gasteiger partial charge in [-0.3, -0.25) is 9.59 Å². The third-order valence-electron chi connectivity index (χ3n) is 5.74. The highest BCUT2D eigenvalue weighted by molar-refractivity contribution is 5.99. The van der Waals surface area contributed by atoms with Gasteiger partial charge in [0.1, 0.15) is 12.6 Å². The Kier molecular flexibility index (Phi) is 6.23. The highest BCUT2D eigenvalue weighted by Gasteiger charge is 2.04. The predicted octanol–water partition coefficient (Wildman–Crippen LogP) is 7.42. The van der Waals surface area contributed by atoms with Crippen LogP contribution < -0.4 is 0 Å². The zero-order valence-electron chi connectivity index (χ0n) is 18.2. The highest BCUT2D eigenvalue weighted by Crippen LogP contribution is 2.27. The first-order valence-corrected chi connectivity index (χ1v) is 10.6. The van der Waals surface area contributed by atoms with Crippen LogP contribution in [0, 0.1) is 13.8 Å². The number of hydrogen-bond acceptors (Lipinski definition) is 2. The van der Waals surface area contributed by atoms with Crippen LogP contribution in [0.4, 0.5) is 0 Å². The molecule has 0 atom stereocenters. The normalized spacial score (nSPS) is 11.4. The second-order valence-electron chi connectivity index (χ2n) is 7.92. The summed E-state index contributed by atoms with van der Waals surface area (Å²) in [6.07, 6.45) is 10.2. The van der Waals surface area contributed by atoms with Crippen molar-refractivity contribution in [2.24, 2.45) is 0 Å². The number of hydrogen-bond donors (Lipinski definition) is 0. The fourth-order valence-electron chi connectivity index (χ4n) is 3.91. The molecule has 0 aromatic heterocycles. The molecular weight excluding hydrogens is 392 g/mol. The topological polar surface area (TPSA) is 34.1 Å². The molecule has 32 heavy (non-hydrogen) atoms. The molecule has 4 aromatic carbocycles. The molecule has 0 fully saturated rings. The maximum Gasteiger partial charge on any atom is 0.150 e. The summed E-state index contributed by atoms with van der Waals surface area (Å²) in [5.74, 6) is 0. The number of aryl methyl sites for hydroxylation is 2. The van der Waals surface area contributed by atoms with Gasteiger partial charge in [-0.25, -0.2) is 0 Å². The fourth-order valence-corrected chi connectivity index (χ4v) is 3.91. The van der Waals surface area contributed by atoms with Crippen molar-refractivity contribution in [1.82, 2.24) is 0 Å². The second-order valence-corrected chi connectivity index (χ2v) is 7.92. The Labute approximate surface area is 188 Å². The van der Waals surface area contributed by atoms with Crippen molar-refractivity contribution in [3.8, 4) is 0 Å². The molecule has 0 saturated heterocycles. The van der Waals surface area contributed by atoms with Gasteiger partial charge < -0.3 is 0 Å². The van der Waals surface area contributed by atoms with E-state index in [1.165, 1.54) is 10.8 Å². The summed E-state index contributed by atoms with van der Waals surface area (Å²) < 4.78 is 0. The van der Waals surface area contributed by atoms with E-state index < -0.39 is 0 Å². The Morgan fingerprint density at radius 1 is 0.500 bits per heavy atom. The van der Waals surface area contributed by atoms with Crippen LogP contribution in [0.2, 0.25) is 0 Å². The first-order valence-electron chi connectivity index (χ1n) is 10.6. The Balaban J connectivity index is 1.69. The van der Waals surface area contributed by atoms with Crippen molar-refractivity contribution in [3.05, 3.63) is 117 Å². The minimum atomic E-state index is 0.692. The largest absolute Gasteiger partial charge is 0.298 e. The van der Waals surface area contributed by atoms with Gasteiger partial charge in [-0.05, 0) is 70.1 Å².